The number of anilines is 1. The van der Waals surface area contributed by atoms with Crippen LogP contribution in [0.2, 0.25) is 0 Å². The molecule has 0 radical (unpaired) electrons. The summed E-state index contributed by atoms with van der Waals surface area (Å²) in [7, 11) is 3.43. The van der Waals surface area contributed by atoms with E-state index in [1.807, 2.05) is 5.38 Å². The molecule has 4 nitrogen and oxygen atoms in total. The Balaban J connectivity index is 1.99. The molecular weight excluding hydrogens is 198 g/mol. The molecule has 76 valence electrons. The van der Waals surface area contributed by atoms with Crippen LogP contribution in [0.3, 0.4) is 0 Å². The van der Waals surface area contributed by atoms with Crippen LogP contribution in [-0.4, -0.2) is 30.0 Å². The van der Waals surface area contributed by atoms with Crippen molar-refractivity contribution in [3.8, 4) is 0 Å². The van der Waals surface area contributed by atoms with Crippen molar-refractivity contribution in [2.45, 2.75) is 18.8 Å². The number of nitrogens with one attached hydrogen (secondary N) is 1. The zero-order valence-electron chi connectivity index (χ0n) is 8.28. The van der Waals surface area contributed by atoms with Gasteiger partial charge in [-0.15, -0.1) is 11.3 Å². The van der Waals surface area contributed by atoms with Crippen molar-refractivity contribution in [2.75, 3.05) is 19.4 Å². The molecule has 0 aromatic carbocycles. The minimum absolute atomic E-state index is 0.123. The van der Waals surface area contributed by atoms with Crippen molar-refractivity contribution in [1.29, 1.82) is 0 Å². The SMILES string of the molecule is CN(C)C(=O)Nc1nc(C2CC2)cs1. The molecule has 1 aromatic rings. The largest absolute Gasteiger partial charge is 0.331 e. The Morgan fingerprint density at radius 2 is 2.36 bits per heavy atom. The Hall–Kier alpha value is -1.10. The molecule has 0 aliphatic heterocycles. The number of thiazole rings is 1. The lowest BCUT2D eigenvalue weighted by molar-refractivity contribution is 0.230. The minimum atomic E-state index is -0.123. The summed E-state index contributed by atoms with van der Waals surface area (Å²) in [5, 5.41) is 5.47. The van der Waals surface area contributed by atoms with Gasteiger partial charge in [0.15, 0.2) is 5.13 Å². The van der Waals surface area contributed by atoms with Crippen molar-refractivity contribution in [2.24, 2.45) is 0 Å². The zero-order valence-corrected chi connectivity index (χ0v) is 9.10. The summed E-state index contributed by atoms with van der Waals surface area (Å²) < 4.78 is 0. The summed E-state index contributed by atoms with van der Waals surface area (Å²) in [5.41, 5.74) is 1.13. The maximum atomic E-state index is 11.3. The highest BCUT2D eigenvalue weighted by Gasteiger charge is 2.26. The number of nitrogens with zero attached hydrogens (tertiary/aromatic N) is 2. The molecule has 1 aliphatic carbocycles. The van der Waals surface area contributed by atoms with Gasteiger partial charge in [-0.1, -0.05) is 0 Å². The Labute approximate surface area is 86.9 Å². The highest BCUT2D eigenvalue weighted by atomic mass is 32.1. The van der Waals surface area contributed by atoms with Crippen molar-refractivity contribution in [3.05, 3.63) is 11.1 Å². The first-order chi connectivity index (χ1) is 6.66. The van der Waals surface area contributed by atoms with Crippen LogP contribution in [0.25, 0.3) is 0 Å². The van der Waals surface area contributed by atoms with E-state index < -0.39 is 0 Å². The number of carbonyl (C=O) groups excluding carboxylic acids is 1. The molecule has 5 heteroatoms. The molecule has 2 rings (SSSR count). The third-order valence-corrected chi connectivity index (χ3v) is 2.91. The molecule has 1 aromatic heterocycles. The van der Waals surface area contributed by atoms with Gasteiger partial charge in [0.05, 0.1) is 5.69 Å². The second-order valence-corrected chi connectivity index (χ2v) is 4.53. The van der Waals surface area contributed by atoms with Gasteiger partial charge in [0.1, 0.15) is 0 Å². The first kappa shape index (κ1) is 9.45. The van der Waals surface area contributed by atoms with Crippen LogP contribution >= 0.6 is 11.3 Å². The smallest absolute Gasteiger partial charge is 0.323 e. The number of carbonyl (C=O) groups is 1. The normalized spacial score (nSPS) is 15.3. The standard InChI is InChI=1S/C9H13N3OS/c1-12(2)9(13)11-8-10-7(5-14-8)6-3-4-6/h5-6H,3-4H2,1-2H3,(H,10,11,13). The van der Waals surface area contributed by atoms with Crippen LogP contribution in [0.1, 0.15) is 24.5 Å². The van der Waals surface area contributed by atoms with E-state index in [4.69, 9.17) is 0 Å². The van der Waals surface area contributed by atoms with Gasteiger partial charge in [0.25, 0.3) is 0 Å². The summed E-state index contributed by atoms with van der Waals surface area (Å²) in [6, 6.07) is -0.123. The monoisotopic (exact) mass is 211 g/mol. The molecule has 0 bridgehead atoms. The van der Waals surface area contributed by atoms with Crippen molar-refractivity contribution in [3.63, 3.8) is 0 Å². The van der Waals surface area contributed by atoms with Crippen LogP contribution < -0.4 is 5.32 Å². The zero-order chi connectivity index (χ0) is 10.1. The van der Waals surface area contributed by atoms with Crippen LogP contribution in [0.5, 0.6) is 0 Å². The van der Waals surface area contributed by atoms with E-state index in [0.717, 1.165) is 5.69 Å². The van der Waals surface area contributed by atoms with Crippen molar-refractivity contribution >= 4 is 22.5 Å². The van der Waals surface area contributed by atoms with Crippen LogP contribution in [0.4, 0.5) is 9.93 Å². The summed E-state index contributed by atoms with van der Waals surface area (Å²) in [6.07, 6.45) is 2.48. The number of aromatic nitrogens is 1. The maximum absolute atomic E-state index is 11.3. The van der Waals surface area contributed by atoms with Gasteiger partial charge in [0, 0.05) is 25.4 Å². The van der Waals surface area contributed by atoms with Gasteiger partial charge < -0.3 is 4.90 Å². The molecule has 2 amide bonds. The second kappa shape index (κ2) is 3.57. The lowest BCUT2D eigenvalue weighted by Crippen LogP contribution is -2.27. The third kappa shape index (κ3) is 2.04. The van der Waals surface area contributed by atoms with Gasteiger partial charge in [-0.05, 0) is 12.8 Å². The van der Waals surface area contributed by atoms with E-state index in [-0.39, 0.29) is 6.03 Å². The average Bonchev–Trinajstić information content (AvgIpc) is 2.88. The molecule has 0 spiro atoms. The number of urea groups is 1. The average molecular weight is 211 g/mol. The summed E-state index contributed by atoms with van der Waals surface area (Å²) in [5.74, 6) is 0.649. The second-order valence-electron chi connectivity index (χ2n) is 3.68. The Morgan fingerprint density at radius 1 is 1.64 bits per heavy atom. The molecule has 1 N–H and O–H groups in total. The number of hydrogen-bond acceptors (Lipinski definition) is 3. The fraction of sp³-hybridized carbons (Fsp3) is 0.556. The molecule has 1 fully saturated rings. The van der Waals surface area contributed by atoms with Gasteiger partial charge in [-0.3, -0.25) is 5.32 Å². The number of rotatable bonds is 2. The lowest BCUT2D eigenvalue weighted by Gasteiger charge is -2.09. The van der Waals surface area contributed by atoms with Gasteiger partial charge in [-0.25, -0.2) is 9.78 Å². The van der Waals surface area contributed by atoms with Gasteiger partial charge >= 0.3 is 6.03 Å². The first-order valence-corrected chi connectivity index (χ1v) is 5.48. The Kier molecular flexibility index (Phi) is 2.41. The Bertz CT molecular complexity index is 344. The van der Waals surface area contributed by atoms with Crippen molar-refractivity contribution < 1.29 is 4.79 Å². The molecule has 0 unspecified atom stereocenters. The summed E-state index contributed by atoms with van der Waals surface area (Å²) in [6.45, 7) is 0. The Morgan fingerprint density at radius 3 is 2.93 bits per heavy atom. The topological polar surface area (TPSA) is 45.2 Å². The number of amides is 2. The molecule has 1 aliphatic rings. The van der Waals surface area contributed by atoms with E-state index in [9.17, 15) is 4.79 Å². The van der Waals surface area contributed by atoms with Crippen molar-refractivity contribution in [1.82, 2.24) is 9.88 Å². The molecule has 1 heterocycles. The van der Waals surface area contributed by atoms with E-state index in [1.165, 1.54) is 29.1 Å². The van der Waals surface area contributed by atoms with E-state index in [2.05, 4.69) is 10.3 Å². The predicted molar refractivity (Wildman–Crippen MR) is 56.8 cm³/mol. The highest BCUT2D eigenvalue weighted by Crippen LogP contribution is 2.40. The molecule has 0 atom stereocenters. The highest BCUT2D eigenvalue weighted by molar-refractivity contribution is 7.13. The quantitative estimate of drug-likeness (QED) is 0.814. The maximum Gasteiger partial charge on any atom is 0.323 e. The van der Waals surface area contributed by atoms with Crippen LogP contribution in [0.15, 0.2) is 5.38 Å². The van der Waals surface area contributed by atoms with E-state index in [0.29, 0.717) is 11.0 Å². The molecule has 14 heavy (non-hydrogen) atoms. The minimum Gasteiger partial charge on any atom is -0.331 e. The van der Waals surface area contributed by atoms with Crippen LogP contribution in [-0.2, 0) is 0 Å². The first-order valence-electron chi connectivity index (χ1n) is 4.60. The number of hydrogen-bond donors (Lipinski definition) is 1. The van der Waals surface area contributed by atoms with Crippen LogP contribution in [0, 0.1) is 0 Å². The fourth-order valence-electron chi connectivity index (χ4n) is 1.11. The molecular formula is C9H13N3OS. The summed E-state index contributed by atoms with van der Waals surface area (Å²) in [4.78, 5) is 17.1. The fourth-order valence-corrected chi connectivity index (χ4v) is 1.90. The summed E-state index contributed by atoms with van der Waals surface area (Å²) >= 11 is 1.49. The molecule has 0 saturated heterocycles. The van der Waals surface area contributed by atoms with E-state index in [1.54, 1.807) is 14.1 Å². The van der Waals surface area contributed by atoms with E-state index >= 15 is 0 Å². The van der Waals surface area contributed by atoms with Gasteiger partial charge in [-0.2, -0.15) is 0 Å². The molecule has 1 saturated carbocycles. The lowest BCUT2D eigenvalue weighted by atomic mass is 10.3. The van der Waals surface area contributed by atoms with Gasteiger partial charge in [0.2, 0.25) is 0 Å². The third-order valence-electron chi connectivity index (χ3n) is 2.14. The predicted octanol–water partition coefficient (Wildman–Crippen LogP) is 2.11.